The smallest absolute Gasteiger partial charge is 0.0845 e. The minimum absolute atomic E-state index is 0.116. The van der Waals surface area contributed by atoms with Crippen molar-refractivity contribution in [2.45, 2.75) is 62.9 Å². The van der Waals surface area contributed by atoms with Gasteiger partial charge in [0, 0.05) is 6.61 Å². The fourth-order valence-electron chi connectivity index (χ4n) is 3.87. The largest absolute Gasteiger partial charge is 0.379 e. The molecular weight excluding hydrogens is 260 g/mol. The molecule has 0 spiro atoms. The molecule has 1 saturated carbocycles. The first kappa shape index (κ1) is 13.5. The van der Waals surface area contributed by atoms with Crippen LogP contribution in [0.25, 0.3) is 0 Å². The molecule has 2 aliphatic heterocycles. The quantitative estimate of drug-likeness (QED) is 0.440. The molecule has 0 N–H and O–H groups in total. The molecule has 4 unspecified atom stereocenters. The number of thioether (sulfide) groups is 1. The molecule has 0 aromatic rings. The van der Waals surface area contributed by atoms with Crippen molar-refractivity contribution in [3.05, 3.63) is 0 Å². The monoisotopic (exact) mass is 286 g/mol. The molecule has 2 saturated heterocycles. The average molecular weight is 287 g/mol. The predicted octanol–water partition coefficient (Wildman–Crippen LogP) is 2.33. The fraction of sp³-hybridized carbons (Fsp3) is 1.00. The number of epoxide rings is 1. The molecule has 4 atom stereocenters. The Kier molecular flexibility index (Phi) is 4.38. The Morgan fingerprint density at radius 2 is 2.22 bits per heavy atom. The summed E-state index contributed by atoms with van der Waals surface area (Å²) in [6.07, 6.45) is 9.25. The lowest BCUT2D eigenvalue weighted by Crippen LogP contribution is -2.51. The molecule has 0 radical (unpaired) electrons. The van der Waals surface area contributed by atoms with Gasteiger partial charge >= 0.3 is 0 Å². The number of ether oxygens (including phenoxy) is 2. The standard InChI is InChI=1S/C14H26O2SSi/c1-2-17-10-18-14(7-3-4-8-15-14)11-5-6-12-13(9-11)16-12/h11-13H,2-10,18H2,1H3. The van der Waals surface area contributed by atoms with Gasteiger partial charge in [-0.25, -0.2) is 0 Å². The molecule has 3 rings (SSSR count). The SMILES string of the molecule is CCSC[SiH2]C1(C2CCC3OC3C2)CCCCO1. The zero-order valence-corrected chi connectivity index (χ0v) is 13.8. The Bertz CT molecular complexity index is 281. The van der Waals surface area contributed by atoms with Crippen molar-refractivity contribution >= 4 is 21.3 Å². The van der Waals surface area contributed by atoms with E-state index in [1.165, 1.54) is 49.7 Å². The van der Waals surface area contributed by atoms with Crippen molar-refractivity contribution in [3.8, 4) is 0 Å². The van der Waals surface area contributed by atoms with Gasteiger partial charge in [0.2, 0.25) is 0 Å². The van der Waals surface area contributed by atoms with Gasteiger partial charge in [-0.1, -0.05) is 6.92 Å². The summed E-state index contributed by atoms with van der Waals surface area (Å²) in [5.41, 5.74) is 0. The highest BCUT2D eigenvalue weighted by Crippen LogP contribution is 2.46. The maximum Gasteiger partial charge on any atom is 0.0845 e. The van der Waals surface area contributed by atoms with Crippen LogP contribution in [0.5, 0.6) is 0 Å². The first-order valence-corrected chi connectivity index (χ1v) is 10.6. The lowest BCUT2D eigenvalue weighted by atomic mass is 9.82. The zero-order valence-electron chi connectivity index (χ0n) is 11.5. The van der Waals surface area contributed by atoms with Crippen molar-refractivity contribution in [2.24, 2.45) is 5.92 Å². The second-order valence-corrected chi connectivity index (χ2v) is 10.4. The predicted molar refractivity (Wildman–Crippen MR) is 80.1 cm³/mol. The van der Waals surface area contributed by atoms with Crippen LogP contribution in [0.15, 0.2) is 0 Å². The molecule has 0 bridgehead atoms. The Labute approximate surface area is 117 Å². The summed E-state index contributed by atoms with van der Waals surface area (Å²) in [6.45, 7) is 3.30. The fourth-order valence-corrected chi connectivity index (χ4v) is 8.55. The average Bonchev–Trinajstić information content (AvgIpc) is 3.18. The van der Waals surface area contributed by atoms with Crippen LogP contribution in [0, 0.1) is 5.92 Å². The van der Waals surface area contributed by atoms with E-state index in [0.29, 0.717) is 17.4 Å². The van der Waals surface area contributed by atoms with Crippen molar-refractivity contribution in [2.75, 3.05) is 17.7 Å². The summed E-state index contributed by atoms with van der Waals surface area (Å²) in [6, 6.07) is 0. The van der Waals surface area contributed by atoms with E-state index in [1.807, 2.05) is 0 Å². The van der Waals surface area contributed by atoms with Crippen LogP contribution in [0.1, 0.15) is 45.4 Å². The molecule has 2 heterocycles. The number of fused-ring (bicyclic) bond motifs is 1. The van der Waals surface area contributed by atoms with Crippen molar-refractivity contribution in [1.29, 1.82) is 0 Å². The maximum atomic E-state index is 6.41. The first-order valence-electron chi connectivity index (χ1n) is 7.71. The van der Waals surface area contributed by atoms with Crippen LogP contribution < -0.4 is 0 Å². The third kappa shape index (κ3) is 2.81. The van der Waals surface area contributed by atoms with E-state index in [2.05, 4.69) is 18.7 Å². The second kappa shape index (κ2) is 5.86. The van der Waals surface area contributed by atoms with Crippen molar-refractivity contribution < 1.29 is 9.47 Å². The second-order valence-electron chi connectivity index (χ2n) is 6.04. The van der Waals surface area contributed by atoms with E-state index in [-0.39, 0.29) is 9.52 Å². The highest BCUT2D eigenvalue weighted by Gasteiger charge is 2.50. The highest BCUT2D eigenvalue weighted by atomic mass is 32.2. The topological polar surface area (TPSA) is 21.8 Å². The van der Waals surface area contributed by atoms with E-state index in [9.17, 15) is 0 Å². The van der Waals surface area contributed by atoms with Crippen LogP contribution in [0.3, 0.4) is 0 Å². The Balaban J connectivity index is 1.63. The van der Waals surface area contributed by atoms with Crippen LogP contribution in [0.4, 0.5) is 0 Å². The molecule has 104 valence electrons. The minimum Gasteiger partial charge on any atom is -0.379 e. The first-order chi connectivity index (χ1) is 8.84. The van der Waals surface area contributed by atoms with Gasteiger partial charge in [0.05, 0.1) is 27.0 Å². The van der Waals surface area contributed by atoms with Gasteiger partial charge in [0.1, 0.15) is 0 Å². The van der Waals surface area contributed by atoms with Crippen molar-refractivity contribution in [3.63, 3.8) is 0 Å². The molecule has 1 aliphatic carbocycles. The molecule has 0 aromatic heterocycles. The van der Waals surface area contributed by atoms with Gasteiger partial charge in [0.15, 0.2) is 0 Å². The molecule has 4 heteroatoms. The summed E-state index contributed by atoms with van der Waals surface area (Å²) in [7, 11) is -0.116. The van der Waals surface area contributed by atoms with E-state index < -0.39 is 0 Å². The number of rotatable bonds is 5. The van der Waals surface area contributed by atoms with Crippen LogP contribution >= 0.6 is 11.8 Å². The van der Waals surface area contributed by atoms with E-state index in [1.54, 1.807) is 0 Å². The van der Waals surface area contributed by atoms with Crippen LogP contribution in [-0.2, 0) is 9.47 Å². The molecule has 2 nitrogen and oxygen atoms in total. The molecule has 18 heavy (non-hydrogen) atoms. The van der Waals surface area contributed by atoms with E-state index in [4.69, 9.17) is 9.47 Å². The summed E-state index contributed by atoms with van der Waals surface area (Å²) < 4.78 is 12.1. The zero-order chi connectivity index (χ0) is 12.4. The number of hydrogen-bond donors (Lipinski definition) is 0. The van der Waals surface area contributed by atoms with Crippen molar-refractivity contribution in [1.82, 2.24) is 0 Å². The minimum atomic E-state index is -0.116. The lowest BCUT2D eigenvalue weighted by molar-refractivity contribution is -0.0653. The number of hydrogen-bond acceptors (Lipinski definition) is 3. The summed E-state index contributed by atoms with van der Waals surface area (Å²) in [5, 5.41) is 1.75. The Morgan fingerprint density at radius 3 is 2.94 bits per heavy atom. The third-order valence-electron chi connectivity index (χ3n) is 5.01. The Morgan fingerprint density at radius 1 is 1.28 bits per heavy atom. The molecule has 3 fully saturated rings. The van der Waals surface area contributed by atoms with Gasteiger partial charge in [0.25, 0.3) is 0 Å². The maximum absolute atomic E-state index is 6.41. The molecule has 0 amide bonds. The molecular formula is C14H26O2SSi. The van der Waals surface area contributed by atoms with E-state index in [0.717, 1.165) is 12.5 Å². The summed E-state index contributed by atoms with van der Waals surface area (Å²) in [5.74, 6) is 2.09. The van der Waals surface area contributed by atoms with Gasteiger partial charge < -0.3 is 9.47 Å². The molecule has 3 aliphatic rings. The van der Waals surface area contributed by atoms with Gasteiger partial charge in [-0.15, -0.1) is 0 Å². The highest BCUT2D eigenvalue weighted by molar-refractivity contribution is 8.00. The lowest BCUT2D eigenvalue weighted by Gasteiger charge is -2.44. The van der Waals surface area contributed by atoms with Crippen LogP contribution in [0.2, 0.25) is 0 Å². The van der Waals surface area contributed by atoms with Gasteiger partial charge in [-0.3, -0.25) is 0 Å². The van der Waals surface area contributed by atoms with Gasteiger partial charge in [-0.2, -0.15) is 11.8 Å². The van der Waals surface area contributed by atoms with E-state index >= 15 is 0 Å². The summed E-state index contributed by atoms with van der Waals surface area (Å²) in [4.78, 5) is 0. The third-order valence-corrected chi connectivity index (χ3v) is 9.37. The normalized spacial score (nSPS) is 44.2. The Hall–Kier alpha value is 0.487. The summed E-state index contributed by atoms with van der Waals surface area (Å²) >= 11 is 2.13. The van der Waals surface area contributed by atoms with Crippen LogP contribution in [-0.4, -0.2) is 44.7 Å². The van der Waals surface area contributed by atoms with Gasteiger partial charge in [-0.05, 0) is 55.6 Å². The molecule has 0 aromatic carbocycles.